The van der Waals surface area contributed by atoms with E-state index in [0.717, 1.165) is 0 Å². The van der Waals surface area contributed by atoms with E-state index in [0.29, 0.717) is 0 Å². The molecule has 0 aromatic heterocycles. The number of carbonyl (C=O) groups is 1. The van der Waals surface area contributed by atoms with Gasteiger partial charge in [-0.3, -0.25) is 4.79 Å². The minimum Gasteiger partial charge on any atom is -0.481 e. The van der Waals surface area contributed by atoms with Crippen LogP contribution >= 0.6 is 0 Å². The van der Waals surface area contributed by atoms with Gasteiger partial charge in [-0.25, -0.2) is 17.6 Å². The van der Waals surface area contributed by atoms with E-state index in [4.69, 9.17) is 10.2 Å². The summed E-state index contributed by atoms with van der Waals surface area (Å²) in [5.74, 6) is -8.97. The number of carboxylic acid groups (broad SMARTS) is 1. The average Bonchev–Trinajstić information content (AvgIpc) is 2.89. The highest BCUT2D eigenvalue weighted by Gasteiger charge is 2.61. The van der Waals surface area contributed by atoms with E-state index in [1.807, 2.05) is 0 Å². The highest BCUT2D eigenvalue weighted by molar-refractivity contribution is 5.74. The molecule has 0 saturated heterocycles. The highest BCUT2D eigenvalue weighted by Crippen LogP contribution is 2.48. The number of hydrogen-bond acceptors (Lipinski definition) is 2. The summed E-state index contributed by atoms with van der Waals surface area (Å²) in [6.07, 6.45) is -0.605. The zero-order valence-electron chi connectivity index (χ0n) is 7.59. The van der Waals surface area contributed by atoms with Crippen LogP contribution in [0, 0.1) is 11.8 Å². The summed E-state index contributed by atoms with van der Waals surface area (Å²) < 4.78 is 46.6. The lowest BCUT2D eigenvalue weighted by Gasteiger charge is -1.86. The summed E-state index contributed by atoms with van der Waals surface area (Å²) in [5, 5.41) is 16.0. The Morgan fingerprint density at radius 2 is 1.60 bits per heavy atom. The standard InChI is InChI=1S/C4H4F2O2.C4H6F2O/c5-4(6)1-2(4)3(7)8;5-4(6)1-3(4)2-7/h2H,1H2,(H,7,8);3,7H,1-2H2/t2-;3-/m11/s1. The third-order valence-corrected chi connectivity index (χ3v) is 2.30. The molecule has 2 aliphatic rings. The van der Waals surface area contributed by atoms with E-state index in [-0.39, 0.29) is 13.0 Å². The van der Waals surface area contributed by atoms with Gasteiger partial charge in [0.05, 0.1) is 12.5 Å². The van der Waals surface area contributed by atoms with Crippen LogP contribution in [0.25, 0.3) is 0 Å². The van der Waals surface area contributed by atoms with Gasteiger partial charge in [0.2, 0.25) is 0 Å². The molecule has 0 aliphatic heterocycles. The van der Waals surface area contributed by atoms with Crippen LogP contribution in [0.15, 0.2) is 0 Å². The molecule has 0 bridgehead atoms. The maximum atomic E-state index is 11.7. The summed E-state index contributed by atoms with van der Waals surface area (Å²) in [4.78, 5) is 9.70. The van der Waals surface area contributed by atoms with Crippen molar-refractivity contribution in [2.24, 2.45) is 11.8 Å². The molecule has 88 valence electrons. The van der Waals surface area contributed by atoms with Gasteiger partial charge >= 0.3 is 5.97 Å². The Balaban J connectivity index is 0.000000151. The number of carboxylic acids is 1. The number of halogens is 4. The normalized spacial score (nSPS) is 33.7. The lowest BCUT2D eigenvalue weighted by Crippen LogP contribution is -2.04. The minimum absolute atomic E-state index is 0.122. The third kappa shape index (κ3) is 3.05. The van der Waals surface area contributed by atoms with Gasteiger partial charge in [-0.05, 0) is 0 Å². The largest absolute Gasteiger partial charge is 0.481 e. The van der Waals surface area contributed by atoms with E-state index in [1.54, 1.807) is 0 Å². The summed E-state index contributed by atoms with van der Waals surface area (Å²) in [6.45, 7) is -0.368. The first-order valence-corrected chi connectivity index (χ1v) is 4.30. The zero-order chi connectivity index (χ0) is 11.9. The monoisotopic (exact) mass is 230 g/mol. The molecule has 0 unspecified atom stereocenters. The van der Waals surface area contributed by atoms with Gasteiger partial charge in [0.1, 0.15) is 5.92 Å². The molecule has 2 aliphatic carbocycles. The Kier molecular flexibility index (Phi) is 2.95. The Bertz CT molecular complexity index is 267. The number of aliphatic carboxylic acids is 1. The molecule has 0 aromatic carbocycles. The molecule has 2 saturated carbocycles. The maximum Gasteiger partial charge on any atom is 0.312 e. The van der Waals surface area contributed by atoms with Crippen LogP contribution in [0.4, 0.5) is 17.6 Å². The second-order valence-electron chi connectivity index (χ2n) is 3.70. The van der Waals surface area contributed by atoms with Gasteiger partial charge in [0.15, 0.2) is 0 Å². The molecule has 3 nitrogen and oxygen atoms in total. The zero-order valence-corrected chi connectivity index (χ0v) is 7.59. The SMILES string of the molecule is O=C(O)[C@H]1CC1(F)F.OC[C@H]1CC1(F)F. The van der Waals surface area contributed by atoms with Crippen LogP contribution in [0.2, 0.25) is 0 Å². The van der Waals surface area contributed by atoms with Crippen LogP contribution in [-0.2, 0) is 4.79 Å². The van der Waals surface area contributed by atoms with Gasteiger partial charge in [0, 0.05) is 12.8 Å². The quantitative estimate of drug-likeness (QED) is 0.704. The smallest absolute Gasteiger partial charge is 0.312 e. The number of aliphatic hydroxyl groups excluding tert-OH is 1. The fraction of sp³-hybridized carbons (Fsp3) is 0.875. The van der Waals surface area contributed by atoms with Crippen molar-refractivity contribution in [1.82, 2.24) is 0 Å². The van der Waals surface area contributed by atoms with Crippen molar-refractivity contribution in [1.29, 1.82) is 0 Å². The van der Waals surface area contributed by atoms with Crippen LogP contribution < -0.4 is 0 Å². The molecule has 0 amide bonds. The van der Waals surface area contributed by atoms with Crippen LogP contribution in [0.5, 0.6) is 0 Å². The molecule has 2 atom stereocenters. The Labute approximate surface area is 82.7 Å². The number of rotatable bonds is 2. The first-order chi connectivity index (χ1) is 6.70. The predicted molar refractivity (Wildman–Crippen MR) is 40.8 cm³/mol. The van der Waals surface area contributed by atoms with Crippen molar-refractivity contribution >= 4 is 5.97 Å². The second kappa shape index (κ2) is 3.62. The molecule has 2 rings (SSSR count). The highest BCUT2D eigenvalue weighted by atomic mass is 19.3. The second-order valence-corrected chi connectivity index (χ2v) is 3.70. The molecule has 0 aromatic rings. The van der Waals surface area contributed by atoms with E-state index in [9.17, 15) is 22.4 Å². The molecule has 2 fully saturated rings. The van der Waals surface area contributed by atoms with Gasteiger partial charge in [-0.2, -0.15) is 0 Å². The van der Waals surface area contributed by atoms with Crippen molar-refractivity contribution in [3.05, 3.63) is 0 Å². The van der Waals surface area contributed by atoms with Crippen molar-refractivity contribution in [3.8, 4) is 0 Å². The van der Waals surface area contributed by atoms with Gasteiger partial charge in [-0.1, -0.05) is 0 Å². The fourth-order valence-electron chi connectivity index (χ4n) is 0.949. The van der Waals surface area contributed by atoms with Crippen LogP contribution in [-0.4, -0.2) is 34.6 Å². The molecular weight excluding hydrogens is 220 g/mol. The molecular formula is C8H10F4O3. The lowest BCUT2D eigenvalue weighted by atomic mass is 10.4. The first-order valence-electron chi connectivity index (χ1n) is 4.30. The van der Waals surface area contributed by atoms with Crippen LogP contribution in [0.1, 0.15) is 12.8 Å². The Morgan fingerprint density at radius 3 is 1.60 bits per heavy atom. The maximum absolute atomic E-state index is 11.7. The van der Waals surface area contributed by atoms with Crippen molar-refractivity contribution in [2.75, 3.05) is 6.61 Å². The number of hydrogen-bond donors (Lipinski definition) is 2. The molecule has 7 heteroatoms. The van der Waals surface area contributed by atoms with E-state index < -0.39 is 36.1 Å². The summed E-state index contributed by atoms with van der Waals surface area (Å²) in [5.41, 5.74) is 0. The van der Waals surface area contributed by atoms with Crippen molar-refractivity contribution < 1.29 is 32.6 Å². The van der Waals surface area contributed by atoms with E-state index in [1.165, 1.54) is 0 Å². The van der Waals surface area contributed by atoms with E-state index >= 15 is 0 Å². The number of alkyl halides is 4. The fourth-order valence-corrected chi connectivity index (χ4v) is 0.949. The third-order valence-electron chi connectivity index (χ3n) is 2.30. The molecule has 0 spiro atoms. The Morgan fingerprint density at radius 1 is 1.20 bits per heavy atom. The Hall–Kier alpha value is -0.850. The molecule has 0 heterocycles. The summed E-state index contributed by atoms with van der Waals surface area (Å²) >= 11 is 0. The molecule has 0 radical (unpaired) electrons. The minimum atomic E-state index is -2.91. The first kappa shape index (κ1) is 12.2. The average molecular weight is 230 g/mol. The summed E-state index contributed by atoms with van der Waals surface area (Å²) in [6, 6.07) is 0. The van der Waals surface area contributed by atoms with Crippen LogP contribution in [0.3, 0.4) is 0 Å². The predicted octanol–water partition coefficient (Wildman–Crippen LogP) is 1.36. The lowest BCUT2D eigenvalue weighted by molar-refractivity contribution is -0.140. The van der Waals surface area contributed by atoms with Gasteiger partial charge < -0.3 is 10.2 Å². The van der Waals surface area contributed by atoms with Crippen molar-refractivity contribution in [3.63, 3.8) is 0 Å². The molecule has 2 N–H and O–H groups in total. The van der Waals surface area contributed by atoms with Gasteiger partial charge in [0.25, 0.3) is 11.8 Å². The number of aliphatic hydroxyl groups is 1. The van der Waals surface area contributed by atoms with E-state index in [2.05, 4.69) is 0 Å². The van der Waals surface area contributed by atoms with Gasteiger partial charge in [-0.15, -0.1) is 0 Å². The molecule has 15 heavy (non-hydrogen) atoms. The summed E-state index contributed by atoms with van der Waals surface area (Å²) in [7, 11) is 0. The van der Waals surface area contributed by atoms with Crippen molar-refractivity contribution in [2.45, 2.75) is 24.7 Å². The topological polar surface area (TPSA) is 57.5 Å².